The SMILES string of the molecule is CC(=O)OC(C)OC(=O)Cc1cccc(-c2cc3cc(-c4ccc(-c5ccccc5)c(O)c4)c(Cl)cc3[nH]c2=O)c1. The maximum atomic E-state index is 13.0. The molecule has 5 rings (SSSR count). The number of hydrogen-bond donors (Lipinski definition) is 2. The van der Waals surface area contributed by atoms with Crippen LogP contribution in [0, 0.1) is 0 Å². The van der Waals surface area contributed by atoms with Gasteiger partial charge in [-0.05, 0) is 51.9 Å². The van der Waals surface area contributed by atoms with E-state index in [1.807, 2.05) is 48.5 Å². The summed E-state index contributed by atoms with van der Waals surface area (Å²) in [5.41, 5.74) is 4.96. The van der Waals surface area contributed by atoms with Crippen molar-refractivity contribution in [2.45, 2.75) is 26.6 Å². The number of rotatable bonds is 7. The van der Waals surface area contributed by atoms with Gasteiger partial charge in [-0.15, -0.1) is 0 Å². The Morgan fingerprint density at radius 2 is 1.54 bits per heavy atom. The Balaban J connectivity index is 1.46. The number of nitrogens with one attached hydrogen (secondary N) is 1. The third kappa shape index (κ3) is 6.31. The molecule has 1 aromatic heterocycles. The average molecular weight is 568 g/mol. The molecular weight excluding hydrogens is 542 g/mol. The molecule has 0 saturated heterocycles. The first-order valence-electron chi connectivity index (χ1n) is 12.9. The molecular formula is C33H26ClNO6. The summed E-state index contributed by atoms with van der Waals surface area (Å²) in [7, 11) is 0. The molecule has 0 spiro atoms. The highest BCUT2D eigenvalue weighted by Crippen LogP contribution is 2.37. The number of carbonyl (C=O) groups excluding carboxylic acids is 2. The highest BCUT2D eigenvalue weighted by molar-refractivity contribution is 6.34. The van der Waals surface area contributed by atoms with E-state index in [-0.39, 0.29) is 17.7 Å². The number of H-pyrrole nitrogens is 1. The van der Waals surface area contributed by atoms with Crippen LogP contribution in [0.25, 0.3) is 44.3 Å². The minimum absolute atomic E-state index is 0.0623. The van der Waals surface area contributed by atoms with Gasteiger partial charge in [0.2, 0.25) is 6.29 Å². The molecule has 7 nitrogen and oxygen atoms in total. The molecule has 0 fully saturated rings. The van der Waals surface area contributed by atoms with Gasteiger partial charge >= 0.3 is 11.9 Å². The van der Waals surface area contributed by atoms with Gasteiger partial charge in [0, 0.05) is 36.1 Å². The first kappa shape index (κ1) is 27.7. The lowest BCUT2D eigenvalue weighted by atomic mass is 9.97. The van der Waals surface area contributed by atoms with Crippen LogP contribution < -0.4 is 5.56 Å². The Labute approximate surface area is 241 Å². The zero-order chi connectivity index (χ0) is 29.1. The molecule has 1 heterocycles. The number of fused-ring (bicyclic) bond motifs is 1. The number of aromatic nitrogens is 1. The van der Waals surface area contributed by atoms with Crippen molar-refractivity contribution in [2.24, 2.45) is 0 Å². The zero-order valence-corrected chi connectivity index (χ0v) is 23.1. The summed E-state index contributed by atoms with van der Waals surface area (Å²) in [6.07, 6.45) is -1.06. The molecule has 41 heavy (non-hydrogen) atoms. The lowest BCUT2D eigenvalue weighted by molar-refractivity contribution is -0.182. The molecule has 0 saturated carbocycles. The van der Waals surface area contributed by atoms with Crippen LogP contribution in [0.1, 0.15) is 19.4 Å². The molecule has 1 unspecified atom stereocenters. The Kier molecular flexibility index (Phi) is 7.90. The van der Waals surface area contributed by atoms with E-state index in [2.05, 4.69) is 4.98 Å². The van der Waals surface area contributed by atoms with Crippen LogP contribution in [0.4, 0.5) is 0 Å². The number of benzene rings is 4. The largest absolute Gasteiger partial charge is 0.507 e. The molecule has 0 aliphatic carbocycles. The van der Waals surface area contributed by atoms with Crippen LogP contribution in [0.2, 0.25) is 5.02 Å². The molecule has 4 aromatic carbocycles. The molecule has 1 atom stereocenters. The maximum Gasteiger partial charge on any atom is 0.313 e. The standard InChI is InChI=1S/C33H26ClNO6/c1-19(36)40-20(2)41-32(38)14-21-7-6-10-23(13-21)28-16-25-15-27(29(34)18-30(25)35-33(28)39)24-11-12-26(31(37)17-24)22-8-4-3-5-9-22/h3-13,15-18,20,37H,14H2,1-2H3,(H,35,39). The van der Waals surface area contributed by atoms with Gasteiger partial charge in [-0.1, -0.05) is 78.3 Å². The van der Waals surface area contributed by atoms with Crippen molar-refractivity contribution >= 4 is 34.4 Å². The summed E-state index contributed by atoms with van der Waals surface area (Å²) in [6.45, 7) is 2.70. The fourth-order valence-corrected chi connectivity index (χ4v) is 5.00. The number of halogens is 1. The van der Waals surface area contributed by atoms with E-state index in [4.69, 9.17) is 21.1 Å². The van der Waals surface area contributed by atoms with Gasteiger partial charge in [-0.25, -0.2) is 0 Å². The van der Waals surface area contributed by atoms with Crippen LogP contribution in [-0.2, 0) is 25.5 Å². The van der Waals surface area contributed by atoms with Gasteiger partial charge in [0.15, 0.2) is 0 Å². The summed E-state index contributed by atoms with van der Waals surface area (Å²) < 4.78 is 9.96. The summed E-state index contributed by atoms with van der Waals surface area (Å²) in [6, 6.07) is 27.4. The van der Waals surface area contributed by atoms with Gasteiger partial charge in [0.1, 0.15) is 5.75 Å². The van der Waals surface area contributed by atoms with Gasteiger partial charge < -0.3 is 19.6 Å². The van der Waals surface area contributed by atoms with Crippen LogP contribution >= 0.6 is 11.6 Å². The average Bonchev–Trinajstić information content (AvgIpc) is 2.92. The number of esters is 2. The molecule has 0 amide bonds. The molecule has 0 bridgehead atoms. The van der Waals surface area contributed by atoms with Gasteiger partial charge in [-0.3, -0.25) is 14.4 Å². The second-order valence-electron chi connectivity index (χ2n) is 9.57. The van der Waals surface area contributed by atoms with E-state index in [1.165, 1.54) is 13.8 Å². The van der Waals surface area contributed by atoms with E-state index in [1.54, 1.807) is 42.5 Å². The quantitative estimate of drug-likeness (QED) is 0.164. The first-order valence-corrected chi connectivity index (χ1v) is 13.3. The third-order valence-electron chi connectivity index (χ3n) is 6.54. The Morgan fingerprint density at radius 3 is 2.27 bits per heavy atom. The molecule has 5 aromatic rings. The normalized spacial score (nSPS) is 11.7. The highest BCUT2D eigenvalue weighted by atomic mass is 35.5. The van der Waals surface area contributed by atoms with Gasteiger partial charge in [0.25, 0.3) is 5.56 Å². The minimum Gasteiger partial charge on any atom is -0.507 e. The maximum absolute atomic E-state index is 13.0. The van der Waals surface area contributed by atoms with Crippen molar-refractivity contribution in [1.82, 2.24) is 4.98 Å². The van der Waals surface area contributed by atoms with Crippen molar-refractivity contribution in [1.29, 1.82) is 0 Å². The smallest absolute Gasteiger partial charge is 0.313 e. The number of ether oxygens (including phenoxy) is 2. The minimum atomic E-state index is -0.996. The molecule has 0 aliphatic heterocycles. The molecule has 8 heteroatoms. The van der Waals surface area contributed by atoms with Crippen LogP contribution in [-0.4, -0.2) is 28.3 Å². The summed E-state index contributed by atoms with van der Waals surface area (Å²) in [5.74, 6) is -0.984. The van der Waals surface area contributed by atoms with Crippen LogP contribution in [0.5, 0.6) is 5.75 Å². The second-order valence-corrected chi connectivity index (χ2v) is 9.98. The van der Waals surface area contributed by atoms with Crippen LogP contribution in [0.3, 0.4) is 0 Å². The fraction of sp³-hybridized carbons (Fsp3) is 0.121. The molecule has 0 radical (unpaired) electrons. The van der Waals surface area contributed by atoms with Crippen molar-refractivity contribution in [2.75, 3.05) is 0 Å². The number of phenols is 1. The van der Waals surface area contributed by atoms with E-state index in [0.717, 1.165) is 16.5 Å². The molecule has 0 aliphatic rings. The summed E-state index contributed by atoms with van der Waals surface area (Å²) in [4.78, 5) is 39.3. The Bertz CT molecular complexity index is 1830. The summed E-state index contributed by atoms with van der Waals surface area (Å²) in [5, 5.41) is 11.9. The Morgan fingerprint density at radius 1 is 0.829 bits per heavy atom. The summed E-state index contributed by atoms with van der Waals surface area (Å²) >= 11 is 6.61. The number of phenolic OH excluding ortho intramolecular Hbond substituents is 1. The van der Waals surface area contributed by atoms with E-state index >= 15 is 0 Å². The van der Waals surface area contributed by atoms with Crippen molar-refractivity contribution in [3.63, 3.8) is 0 Å². The second kappa shape index (κ2) is 11.7. The van der Waals surface area contributed by atoms with E-state index in [9.17, 15) is 19.5 Å². The highest BCUT2D eigenvalue weighted by Gasteiger charge is 2.15. The number of hydrogen-bond acceptors (Lipinski definition) is 6. The lowest BCUT2D eigenvalue weighted by Gasteiger charge is -2.13. The predicted molar refractivity (Wildman–Crippen MR) is 159 cm³/mol. The van der Waals surface area contributed by atoms with E-state index < -0.39 is 18.2 Å². The van der Waals surface area contributed by atoms with E-state index in [0.29, 0.717) is 38.4 Å². The van der Waals surface area contributed by atoms with Crippen molar-refractivity contribution in [3.8, 4) is 39.1 Å². The number of pyridine rings is 1. The lowest BCUT2D eigenvalue weighted by Crippen LogP contribution is -2.21. The third-order valence-corrected chi connectivity index (χ3v) is 6.85. The monoisotopic (exact) mass is 567 g/mol. The van der Waals surface area contributed by atoms with Gasteiger partial charge in [-0.2, -0.15) is 0 Å². The molecule has 2 N–H and O–H groups in total. The number of aromatic hydroxyl groups is 1. The fourth-order valence-electron chi connectivity index (χ4n) is 4.73. The number of carbonyl (C=O) groups is 2. The van der Waals surface area contributed by atoms with Gasteiger partial charge in [0.05, 0.1) is 11.4 Å². The van der Waals surface area contributed by atoms with Crippen LogP contribution in [0.15, 0.2) is 95.8 Å². The number of aromatic amines is 1. The predicted octanol–water partition coefficient (Wildman–Crippen LogP) is 6.88. The topological polar surface area (TPSA) is 106 Å². The first-order chi connectivity index (χ1) is 19.7. The van der Waals surface area contributed by atoms with Crippen molar-refractivity contribution in [3.05, 3.63) is 112 Å². The van der Waals surface area contributed by atoms with Crippen molar-refractivity contribution < 1.29 is 24.2 Å². The zero-order valence-electron chi connectivity index (χ0n) is 22.3. The Hall–Kier alpha value is -4.88. The molecule has 206 valence electrons.